The van der Waals surface area contributed by atoms with E-state index in [1.165, 1.54) is 19.3 Å². The van der Waals surface area contributed by atoms with Gasteiger partial charge >= 0.3 is 0 Å². The minimum Gasteiger partial charge on any atom is -0.376 e. The number of hydrogen-bond acceptors (Lipinski definition) is 3. The molecule has 0 heterocycles. The molecule has 1 aliphatic rings. The van der Waals surface area contributed by atoms with Crippen molar-refractivity contribution in [3.05, 3.63) is 29.8 Å². The number of anilines is 1. The molecule has 2 amide bonds. The molecule has 0 atom stereocenters. The molecule has 2 rings (SSSR count). The second kappa shape index (κ2) is 8.56. The van der Waals surface area contributed by atoms with Crippen molar-refractivity contribution in [2.75, 3.05) is 11.9 Å². The molecule has 0 aliphatic heterocycles. The van der Waals surface area contributed by atoms with Crippen LogP contribution >= 0.6 is 0 Å². The zero-order valence-corrected chi connectivity index (χ0v) is 14.0. The summed E-state index contributed by atoms with van der Waals surface area (Å²) in [5.41, 5.74) is 1.37. The molecule has 23 heavy (non-hydrogen) atoms. The molecular weight excluding hydrogens is 290 g/mol. The fourth-order valence-corrected chi connectivity index (χ4v) is 2.82. The SMILES string of the molecule is CC(C)NC(=O)c1cccc(NCC(=O)NC2CCCCC2)c1. The molecule has 0 spiro atoms. The molecule has 1 aliphatic carbocycles. The van der Waals surface area contributed by atoms with Crippen LogP contribution in [0.3, 0.4) is 0 Å². The average molecular weight is 317 g/mol. The normalized spacial score (nSPS) is 15.3. The lowest BCUT2D eigenvalue weighted by atomic mass is 9.95. The predicted molar refractivity (Wildman–Crippen MR) is 92.5 cm³/mol. The van der Waals surface area contributed by atoms with Gasteiger partial charge in [0.25, 0.3) is 5.91 Å². The molecular formula is C18H27N3O2. The van der Waals surface area contributed by atoms with Gasteiger partial charge in [0, 0.05) is 23.3 Å². The van der Waals surface area contributed by atoms with Crippen LogP contribution in [0.15, 0.2) is 24.3 Å². The Morgan fingerprint density at radius 1 is 1.17 bits per heavy atom. The predicted octanol–water partition coefficient (Wildman–Crippen LogP) is 2.69. The van der Waals surface area contributed by atoms with Crippen molar-refractivity contribution in [2.24, 2.45) is 0 Å². The molecule has 3 N–H and O–H groups in total. The molecule has 0 saturated heterocycles. The lowest BCUT2D eigenvalue weighted by Gasteiger charge is -2.22. The number of carbonyl (C=O) groups excluding carboxylic acids is 2. The molecule has 5 heteroatoms. The molecule has 0 radical (unpaired) electrons. The summed E-state index contributed by atoms with van der Waals surface area (Å²) in [6, 6.07) is 7.63. The minimum atomic E-state index is -0.102. The molecule has 1 aromatic rings. The van der Waals surface area contributed by atoms with Gasteiger partial charge in [-0.05, 0) is 44.9 Å². The topological polar surface area (TPSA) is 70.2 Å². The van der Waals surface area contributed by atoms with E-state index in [9.17, 15) is 9.59 Å². The van der Waals surface area contributed by atoms with Crippen LogP contribution in [0, 0.1) is 0 Å². The molecule has 126 valence electrons. The smallest absolute Gasteiger partial charge is 0.251 e. The third-order valence-electron chi connectivity index (χ3n) is 3.97. The van der Waals surface area contributed by atoms with Crippen molar-refractivity contribution in [3.63, 3.8) is 0 Å². The van der Waals surface area contributed by atoms with Crippen LogP contribution in [0.4, 0.5) is 5.69 Å². The van der Waals surface area contributed by atoms with E-state index >= 15 is 0 Å². The van der Waals surface area contributed by atoms with Crippen LogP contribution in [-0.2, 0) is 4.79 Å². The Labute approximate surface area is 138 Å². The van der Waals surface area contributed by atoms with Crippen molar-refractivity contribution in [3.8, 4) is 0 Å². The fraction of sp³-hybridized carbons (Fsp3) is 0.556. The van der Waals surface area contributed by atoms with Gasteiger partial charge < -0.3 is 16.0 Å². The zero-order valence-electron chi connectivity index (χ0n) is 14.0. The summed E-state index contributed by atoms with van der Waals surface area (Å²) < 4.78 is 0. The second-order valence-electron chi connectivity index (χ2n) is 6.46. The first-order chi connectivity index (χ1) is 11.0. The summed E-state index contributed by atoms with van der Waals surface area (Å²) in [6.45, 7) is 4.08. The van der Waals surface area contributed by atoms with Gasteiger partial charge in [-0.2, -0.15) is 0 Å². The van der Waals surface area contributed by atoms with Gasteiger partial charge in [-0.1, -0.05) is 25.3 Å². The van der Waals surface area contributed by atoms with E-state index in [0.717, 1.165) is 18.5 Å². The first-order valence-corrected chi connectivity index (χ1v) is 8.49. The summed E-state index contributed by atoms with van der Waals surface area (Å²) in [6.07, 6.45) is 5.83. The van der Waals surface area contributed by atoms with E-state index < -0.39 is 0 Å². The minimum absolute atomic E-state index is 0.00827. The molecule has 0 aromatic heterocycles. The molecule has 0 bridgehead atoms. The van der Waals surface area contributed by atoms with Crippen LogP contribution in [-0.4, -0.2) is 30.4 Å². The summed E-state index contributed by atoms with van der Waals surface area (Å²) in [5.74, 6) is -0.0933. The van der Waals surface area contributed by atoms with E-state index in [2.05, 4.69) is 16.0 Å². The van der Waals surface area contributed by atoms with Crippen molar-refractivity contribution in [2.45, 2.75) is 58.0 Å². The molecule has 1 fully saturated rings. The molecule has 1 saturated carbocycles. The van der Waals surface area contributed by atoms with Crippen LogP contribution in [0.2, 0.25) is 0 Å². The lowest BCUT2D eigenvalue weighted by Crippen LogP contribution is -2.39. The first kappa shape index (κ1) is 17.3. The number of carbonyl (C=O) groups is 2. The van der Waals surface area contributed by atoms with Gasteiger partial charge in [-0.3, -0.25) is 9.59 Å². The van der Waals surface area contributed by atoms with E-state index in [1.54, 1.807) is 12.1 Å². The number of amides is 2. The van der Waals surface area contributed by atoms with E-state index in [4.69, 9.17) is 0 Å². The third kappa shape index (κ3) is 5.93. The maximum atomic E-state index is 12.0. The Kier molecular flexibility index (Phi) is 6.44. The van der Waals surface area contributed by atoms with E-state index in [0.29, 0.717) is 11.6 Å². The van der Waals surface area contributed by atoms with Crippen LogP contribution in [0.1, 0.15) is 56.3 Å². The van der Waals surface area contributed by atoms with Gasteiger partial charge in [-0.25, -0.2) is 0 Å². The van der Waals surface area contributed by atoms with Crippen LogP contribution in [0.25, 0.3) is 0 Å². The monoisotopic (exact) mass is 317 g/mol. The third-order valence-corrected chi connectivity index (χ3v) is 3.97. The van der Waals surface area contributed by atoms with Crippen molar-refractivity contribution >= 4 is 17.5 Å². The molecule has 1 aromatic carbocycles. The Morgan fingerprint density at radius 3 is 2.61 bits per heavy atom. The van der Waals surface area contributed by atoms with Gasteiger partial charge in [-0.15, -0.1) is 0 Å². The van der Waals surface area contributed by atoms with Gasteiger partial charge in [0.15, 0.2) is 0 Å². The van der Waals surface area contributed by atoms with Crippen molar-refractivity contribution in [1.29, 1.82) is 0 Å². The highest BCUT2D eigenvalue weighted by Gasteiger charge is 2.15. The lowest BCUT2D eigenvalue weighted by molar-refractivity contribution is -0.120. The zero-order chi connectivity index (χ0) is 16.7. The Hall–Kier alpha value is -2.04. The van der Waals surface area contributed by atoms with E-state index in [1.807, 2.05) is 26.0 Å². The van der Waals surface area contributed by atoms with E-state index in [-0.39, 0.29) is 24.4 Å². The molecule has 5 nitrogen and oxygen atoms in total. The fourth-order valence-electron chi connectivity index (χ4n) is 2.82. The van der Waals surface area contributed by atoms with Gasteiger partial charge in [0.2, 0.25) is 5.91 Å². The highest BCUT2D eigenvalue weighted by Crippen LogP contribution is 2.17. The standard InChI is InChI=1S/C18H27N3O2/c1-13(2)20-18(23)14-7-6-10-16(11-14)19-12-17(22)21-15-8-4-3-5-9-15/h6-7,10-11,13,15,19H,3-5,8-9,12H2,1-2H3,(H,20,23)(H,21,22). The number of benzene rings is 1. The summed E-state index contributed by atoms with van der Waals surface area (Å²) >= 11 is 0. The maximum absolute atomic E-state index is 12.0. The van der Waals surface area contributed by atoms with Gasteiger partial charge in [0.1, 0.15) is 0 Å². The summed E-state index contributed by atoms with van der Waals surface area (Å²) in [7, 11) is 0. The Balaban J connectivity index is 1.83. The largest absolute Gasteiger partial charge is 0.376 e. The molecule has 0 unspecified atom stereocenters. The Bertz CT molecular complexity index is 537. The summed E-state index contributed by atoms with van der Waals surface area (Å²) in [5, 5.41) is 9.02. The Morgan fingerprint density at radius 2 is 1.91 bits per heavy atom. The highest BCUT2D eigenvalue weighted by atomic mass is 16.2. The second-order valence-corrected chi connectivity index (χ2v) is 6.46. The van der Waals surface area contributed by atoms with Crippen molar-refractivity contribution < 1.29 is 9.59 Å². The maximum Gasteiger partial charge on any atom is 0.251 e. The van der Waals surface area contributed by atoms with Gasteiger partial charge in [0.05, 0.1) is 6.54 Å². The quantitative estimate of drug-likeness (QED) is 0.755. The first-order valence-electron chi connectivity index (χ1n) is 8.49. The summed E-state index contributed by atoms with van der Waals surface area (Å²) in [4.78, 5) is 24.0. The van der Waals surface area contributed by atoms with Crippen LogP contribution < -0.4 is 16.0 Å². The van der Waals surface area contributed by atoms with Crippen molar-refractivity contribution in [1.82, 2.24) is 10.6 Å². The average Bonchev–Trinajstić information content (AvgIpc) is 2.53. The number of nitrogens with one attached hydrogen (secondary N) is 3. The van der Waals surface area contributed by atoms with Crippen LogP contribution in [0.5, 0.6) is 0 Å². The number of hydrogen-bond donors (Lipinski definition) is 3. The highest BCUT2D eigenvalue weighted by molar-refractivity contribution is 5.95. The number of rotatable bonds is 6.